The van der Waals surface area contributed by atoms with Crippen molar-refractivity contribution in [3.63, 3.8) is 0 Å². The predicted molar refractivity (Wildman–Crippen MR) is 95.5 cm³/mol. The highest BCUT2D eigenvalue weighted by Crippen LogP contribution is 2.23. The second-order valence-corrected chi connectivity index (χ2v) is 6.59. The van der Waals surface area contributed by atoms with Crippen LogP contribution in [-0.2, 0) is 6.54 Å². The number of halogens is 1. The van der Waals surface area contributed by atoms with Crippen molar-refractivity contribution in [3.8, 4) is 5.75 Å². The summed E-state index contributed by atoms with van der Waals surface area (Å²) in [5.41, 5.74) is 2.89. The van der Waals surface area contributed by atoms with Gasteiger partial charge in [-0.1, -0.05) is 35.9 Å². The first-order chi connectivity index (χ1) is 11.5. The Morgan fingerprint density at radius 1 is 1.12 bits per heavy atom. The van der Waals surface area contributed by atoms with Crippen molar-refractivity contribution in [1.82, 2.24) is 9.80 Å². The Morgan fingerprint density at radius 2 is 1.83 bits per heavy atom. The van der Waals surface area contributed by atoms with Gasteiger partial charge in [-0.25, -0.2) is 0 Å². The molecule has 0 unspecified atom stereocenters. The van der Waals surface area contributed by atoms with Crippen molar-refractivity contribution in [2.45, 2.75) is 13.5 Å². The largest absolute Gasteiger partial charge is 0.507 e. The molecule has 0 aromatic heterocycles. The average molecular weight is 345 g/mol. The van der Waals surface area contributed by atoms with E-state index in [9.17, 15) is 9.90 Å². The van der Waals surface area contributed by atoms with Crippen molar-refractivity contribution in [2.24, 2.45) is 0 Å². The van der Waals surface area contributed by atoms with Crippen LogP contribution in [0.15, 0.2) is 42.5 Å². The molecule has 3 rings (SSSR count). The number of benzene rings is 2. The summed E-state index contributed by atoms with van der Waals surface area (Å²) in [5.74, 6) is -0.183. The van der Waals surface area contributed by atoms with Crippen LogP contribution in [0.25, 0.3) is 0 Å². The Labute approximate surface area is 147 Å². The summed E-state index contributed by atoms with van der Waals surface area (Å²) in [6, 6.07) is 12.9. The molecule has 1 fully saturated rings. The number of phenolic OH excluding ortho intramolecular Hbond substituents is 1. The van der Waals surface area contributed by atoms with Crippen LogP contribution in [0.2, 0.25) is 5.02 Å². The maximum absolute atomic E-state index is 12.6. The summed E-state index contributed by atoms with van der Waals surface area (Å²) < 4.78 is 0. The van der Waals surface area contributed by atoms with Gasteiger partial charge in [0.05, 0.1) is 5.56 Å². The summed E-state index contributed by atoms with van der Waals surface area (Å²) in [5, 5.41) is 10.3. The zero-order chi connectivity index (χ0) is 17.1. The van der Waals surface area contributed by atoms with Gasteiger partial charge in [-0.3, -0.25) is 9.69 Å². The first-order valence-electron chi connectivity index (χ1n) is 8.09. The molecule has 0 atom stereocenters. The normalized spacial score (nSPS) is 15.5. The summed E-state index contributed by atoms with van der Waals surface area (Å²) in [4.78, 5) is 16.7. The van der Waals surface area contributed by atoms with Crippen molar-refractivity contribution in [1.29, 1.82) is 0 Å². The second-order valence-electron chi connectivity index (χ2n) is 6.16. The molecule has 1 aliphatic heterocycles. The maximum atomic E-state index is 12.6. The zero-order valence-electron chi connectivity index (χ0n) is 13.7. The number of hydrogen-bond donors (Lipinski definition) is 1. The van der Waals surface area contributed by atoms with Gasteiger partial charge < -0.3 is 10.0 Å². The fourth-order valence-corrected chi connectivity index (χ4v) is 3.16. The lowest BCUT2D eigenvalue weighted by molar-refractivity contribution is 0.0625. The van der Waals surface area contributed by atoms with Crippen LogP contribution in [0.4, 0.5) is 0 Å². The molecule has 24 heavy (non-hydrogen) atoms. The van der Waals surface area contributed by atoms with Crippen molar-refractivity contribution >= 4 is 17.5 Å². The van der Waals surface area contributed by atoms with Gasteiger partial charge >= 0.3 is 0 Å². The topological polar surface area (TPSA) is 43.8 Å². The number of piperazine rings is 1. The molecule has 5 heteroatoms. The molecule has 1 aliphatic rings. The minimum atomic E-state index is -0.162. The number of phenols is 1. The molecular weight excluding hydrogens is 324 g/mol. The van der Waals surface area contributed by atoms with Crippen LogP contribution in [0.3, 0.4) is 0 Å². The maximum Gasteiger partial charge on any atom is 0.257 e. The Morgan fingerprint density at radius 3 is 2.54 bits per heavy atom. The summed E-state index contributed by atoms with van der Waals surface area (Å²) in [6.07, 6.45) is 0. The minimum Gasteiger partial charge on any atom is -0.507 e. The number of nitrogens with zero attached hydrogens (tertiary/aromatic N) is 2. The number of amides is 1. The van der Waals surface area contributed by atoms with Gasteiger partial charge in [0.2, 0.25) is 0 Å². The van der Waals surface area contributed by atoms with Gasteiger partial charge in [0.1, 0.15) is 5.75 Å². The lowest BCUT2D eigenvalue weighted by Gasteiger charge is -2.35. The van der Waals surface area contributed by atoms with E-state index in [2.05, 4.69) is 30.0 Å². The molecule has 2 aromatic carbocycles. The van der Waals surface area contributed by atoms with E-state index < -0.39 is 0 Å². The van der Waals surface area contributed by atoms with Crippen molar-refractivity contribution in [2.75, 3.05) is 26.2 Å². The van der Waals surface area contributed by atoms with E-state index in [0.717, 1.165) is 19.6 Å². The van der Waals surface area contributed by atoms with Crippen molar-refractivity contribution < 1.29 is 9.90 Å². The van der Waals surface area contributed by atoms with Crippen LogP contribution >= 0.6 is 11.6 Å². The Kier molecular flexibility index (Phi) is 5.07. The quantitative estimate of drug-likeness (QED) is 0.929. The molecule has 0 aliphatic carbocycles. The smallest absolute Gasteiger partial charge is 0.257 e. The molecule has 1 saturated heterocycles. The number of carbonyl (C=O) groups excluding carboxylic acids is 1. The van der Waals surface area contributed by atoms with Crippen LogP contribution < -0.4 is 0 Å². The fraction of sp³-hybridized carbons (Fsp3) is 0.316. The van der Waals surface area contributed by atoms with E-state index >= 15 is 0 Å². The van der Waals surface area contributed by atoms with E-state index in [4.69, 9.17) is 11.6 Å². The fourth-order valence-electron chi connectivity index (χ4n) is 2.99. The van der Waals surface area contributed by atoms with E-state index in [-0.39, 0.29) is 17.2 Å². The third-order valence-corrected chi connectivity index (χ3v) is 4.74. The summed E-state index contributed by atoms with van der Waals surface area (Å²) in [6.45, 7) is 5.96. The molecule has 126 valence electrons. The molecular formula is C19H21ClN2O2. The molecule has 1 amide bonds. The van der Waals surface area contributed by atoms with E-state index in [1.165, 1.54) is 23.3 Å². The van der Waals surface area contributed by atoms with Gasteiger partial charge in [0.25, 0.3) is 5.91 Å². The number of rotatable bonds is 3. The molecule has 0 bridgehead atoms. The number of carbonyl (C=O) groups is 1. The molecule has 4 nitrogen and oxygen atoms in total. The van der Waals surface area contributed by atoms with Crippen LogP contribution in [0, 0.1) is 6.92 Å². The standard InChI is InChI=1S/C19H21ClN2O2/c1-14-4-2-3-5-15(14)13-21-8-10-22(11-9-21)19(24)17-12-16(20)6-7-18(17)23/h2-7,12,23H,8-11,13H2,1H3. The molecule has 2 aromatic rings. The van der Waals surface area contributed by atoms with Gasteiger partial charge in [-0.2, -0.15) is 0 Å². The Bertz CT molecular complexity index is 740. The first-order valence-corrected chi connectivity index (χ1v) is 8.47. The molecule has 0 saturated carbocycles. The van der Waals surface area contributed by atoms with Crippen LogP contribution in [0.5, 0.6) is 5.75 Å². The predicted octanol–water partition coefficient (Wildman–Crippen LogP) is 3.31. The second kappa shape index (κ2) is 7.24. The first kappa shape index (κ1) is 16.8. The van der Waals surface area contributed by atoms with Gasteiger partial charge in [-0.15, -0.1) is 0 Å². The third-order valence-electron chi connectivity index (χ3n) is 4.50. The van der Waals surface area contributed by atoms with E-state index in [0.29, 0.717) is 18.1 Å². The lowest BCUT2D eigenvalue weighted by Crippen LogP contribution is -2.48. The minimum absolute atomic E-state index is 0.0215. The molecule has 1 N–H and O–H groups in total. The highest BCUT2D eigenvalue weighted by molar-refractivity contribution is 6.31. The SMILES string of the molecule is Cc1ccccc1CN1CCN(C(=O)c2cc(Cl)ccc2O)CC1. The Balaban J connectivity index is 1.61. The van der Waals surface area contributed by atoms with Crippen LogP contribution in [0.1, 0.15) is 21.5 Å². The van der Waals surface area contributed by atoms with E-state index in [1.807, 2.05) is 6.07 Å². The number of aromatic hydroxyl groups is 1. The summed E-state index contributed by atoms with van der Waals surface area (Å²) in [7, 11) is 0. The van der Waals surface area contributed by atoms with Gasteiger partial charge in [-0.05, 0) is 36.2 Å². The average Bonchev–Trinajstić information content (AvgIpc) is 2.59. The third kappa shape index (κ3) is 3.71. The highest BCUT2D eigenvalue weighted by Gasteiger charge is 2.24. The molecule has 0 radical (unpaired) electrons. The van der Waals surface area contributed by atoms with Gasteiger partial charge in [0, 0.05) is 37.7 Å². The zero-order valence-corrected chi connectivity index (χ0v) is 14.5. The van der Waals surface area contributed by atoms with E-state index in [1.54, 1.807) is 11.0 Å². The number of aryl methyl sites for hydroxylation is 1. The Hall–Kier alpha value is -2.04. The molecule has 0 spiro atoms. The summed E-state index contributed by atoms with van der Waals surface area (Å²) >= 11 is 5.94. The number of hydrogen-bond acceptors (Lipinski definition) is 3. The lowest BCUT2D eigenvalue weighted by atomic mass is 10.1. The van der Waals surface area contributed by atoms with Gasteiger partial charge in [0.15, 0.2) is 0 Å². The van der Waals surface area contributed by atoms with Crippen LogP contribution in [-0.4, -0.2) is 47.0 Å². The monoisotopic (exact) mass is 344 g/mol. The molecule has 1 heterocycles. The highest BCUT2D eigenvalue weighted by atomic mass is 35.5. The van der Waals surface area contributed by atoms with Crippen molar-refractivity contribution in [3.05, 3.63) is 64.2 Å².